The van der Waals surface area contributed by atoms with E-state index >= 15 is 0 Å². The molecule has 1 aliphatic heterocycles. The van der Waals surface area contributed by atoms with Crippen LogP contribution in [-0.4, -0.2) is 39.0 Å². The molecule has 7 nitrogen and oxygen atoms in total. The highest BCUT2D eigenvalue weighted by molar-refractivity contribution is 6.16. The Labute approximate surface area is 162 Å². The summed E-state index contributed by atoms with van der Waals surface area (Å²) in [7, 11) is 4.52. The van der Waals surface area contributed by atoms with E-state index in [1.54, 1.807) is 31.4 Å². The molecule has 0 radical (unpaired) electrons. The van der Waals surface area contributed by atoms with Gasteiger partial charge in [0.2, 0.25) is 18.3 Å². The second-order valence-corrected chi connectivity index (χ2v) is 6.41. The number of allylic oxidation sites excluding steroid dienone is 1. The van der Waals surface area contributed by atoms with E-state index in [9.17, 15) is 9.90 Å². The van der Waals surface area contributed by atoms with Gasteiger partial charge in [0.25, 0.3) is 0 Å². The molecule has 0 bridgehead atoms. The summed E-state index contributed by atoms with van der Waals surface area (Å²) in [6.45, 7) is 0.0486. The van der Waals surface area contributed by atoms with E-state index in [2.05, 4.69) is 0 Å². The first kappa shape index (κ1) is 18.0. The molecule has 0 saturated carbocycles. The first-order valence-corrected chi connectivity index (χ1v) is 8.77. The topological polar surface area (TPSA) is 83.5 Å². The average Bonchev–Trinajstić information content (AvgIpc) is 3.18. The molecule has 2 aliphatic rings. The van der Waals surface area contributed by atoms with Crippen molar-refractivity contribution in [3.63, 3.8) is 0 Å². The third-order valence-corrected chi connectivity index (χ3v) is 4.94. The van der Waals surface area contributed by atoms with Crippen molar-refractivity contribution in [1.82, 2.24) is 0 Å². The first-order chi connectivity index (χ1) is 13.6. The van der Waals surface area contributed by atoms with Crippen molar-refractivity contribution in [2.45, 2.75) is 12.8 Å². The van der Waals surface area contributed by atoms with E-state index in [0.29, 0.717) is 58.3 Å². The van der Waals surface area contributed by atoms with Gasteiger partial charge in [0.05, 0.1) is 26.9 Å². The molecule has 2 aromatic rings. The van der Waals surface area contributed by atoms with Crippen LogP contribution in [0.15, 0.2) is 23.8 Å². The zero-order valence-corrected chi connectivity index (χ0v) is 15.8. The van der Waals surface area contributed by atoms with Crippen LogP contribution in [0.25, 0.3) is 6.08 Å². The summed E-state index contributed by atoms with van der Waals surface area (Å²) in [5.41, 5.74) is 2.50. The van der Waals surface area contributed by atoms with Gasteiger partial charge in [-0.3, -0.25) is 4.79 Å². The van der Waals surface area contributed by atoms with Gasteiger partial charge in [0.1, 0.15) is 0 Å². The van der Waals surface area contributed by atoms with E-state index in [1.165, 1.54) is 14.2 Å². The summed E-state index contributed by atoms with van der Waals surface area (Å²) in [6.07, 6.45) is 2.88. The highest BCUT2D eigenvalue weighted by Gasteiger charge is 2.37. The summed E-state index contributed by atoms with van der Waals surface area (Å²) in [4.78, 5) is 13.3. The highest BCUT2D eigenvalue weighted by atomic mass is 16.7. The number of ether oxygens (including phenoxy) is 5. The summed E-state index contributed by atoms with van der Waals surface area (Å²) in [5.74, 6) is 1.96. The Morgan fingerprint density at radius 1 is 1.00 bits per heavy atom. The average molecular weight is 384 g/mol. The molecule has 7 heteroatoms. The van der Waals surface area contributed by atoms with Crippen LogP contribution in [0.2, 0.25) is 0 Å². The predicted octanol–water partition coefficient (Wildman–Crippen LogP) is 3.36. The molecule has 146 valence electrons. The second-order valence-electron chi connectivity index (χ2n) is 6.41. The summed E-state index contributed by atoms with van der Waals surface area (Å²) in [6, 6.07) is 5.00. The maximum absolute atomic E-state index is 13.3. The minimum absolute atomic E-state index is 0.0168. The van der Waals surface area contributed by atoms with Crippen molar-refractivity contribution >= 4 is 11.9 Å². The number of benzene rings is 2. The molecule has 28 heavy (non-hydrogen) atoms. The van der Waals surface area contributed by atoms with Crippen molar-refractivity contribution in [3.05, 3.63) is 40.5 Å². The van der Waals surface area contributed by atoms with Crippen LogP contribution in [0.5, 0.6) is 34.5 Å². The molecule has 0 aromatic heterocycles. The number of ketones is 1. The molecule has 1 aliphatic carbocycles. The van der Waals surface area contributed by atoms with E-state index in [4.69, 9.17) is 23.7 Å². The van der Waals surface area contributed by atoms with Crippen molar-refractivity contribution in [2.24, 2.45) is 0 Å². The van der Waals surface area contributed by atoms with Crippen molar-refractivity contribution < 1.29 is 33.6 Å². The lowest BCUT2D eigenvalue weighted by molar-refractivity contribution is 0.102. The Morgan fingerprint density at radius 3 is 2.36 bits per heavy atom. The number of rotatable bonds is 4. The normalized spacial score (nSPS) is 16.1. The lowest BCUT2D eigenvalue weighted by atomic mass is 9.84. The Hall–Kier alpha value is -3.35. The maximum atomic E-state index is 13.3. The van der Waals surface area contributed by atoms with E-state index in [0.717, 1.165) is 5.56 Å². The Balaban J connectivity index is 1.81. The molecule has 0 saturated heterocycles. The fourth-order valence-electron chi connectivity index (χ4n) is 3.68. The lowest BCUT2D eigenvalue weighted by Crippen LogP contribution is -2.17. The molecule has 2 aromatic carbocycles. The third-order valence-electron chi connectivity index (χ3n) is 4.94. The molecule has 0 unspecified atom stereocenters. The van der Waals surface area contributed by atoms with Gasteiger partial charge in [0.15, 0.2) is 28.8 Å². The number of methoxy groups -OCH3 is 3. The lowest BCUT2D eigenvalue weighted by Gasteiger charge is -2.23. The molecule has 0 fully saturated rings. The van der Waals surface area contributed by atoms with E-state index < -0.39 is 0 Å². The van der Waals surface area contributed by atoms with Crippen molar-refractivity contribution in [2.75, 3.05) is 28.1 Å². The van der Waals surface area contributed by atoms with Crippen molar-refractivity contribution in [3.8, 4) is 34.5 Å². The molecule has 0 amide bonds. The standard InChI is InChI=1S/C21H20O7/c1-24-15-7-4-11(9-14(15)22)8-12-5-6-13-16(17(12)23)19(26-3)21-20(18(13)25-2)27-10-28-21/h4,7-9,22H,5-6,10H2,1-3H3/b12-8+. The molecule has 1 heterocycles. The monoisotopic (exact) mass is 384 g/mol. The highest BCUT2D eigenvalue weighted by Crippen LogP contribution is 2.54. The van der Waals surface area contributed by atoms with Gasteiger partial charge in [-0.25, -0.2) is 0 Å². The second kappa shape index (κ2) is 6.99. The molecular weight excluding hydrogens is 364 g/mol. The first-order valence-electron chi connectivity index (χ1n) is 8.77. The Morgan fingerprint density at radius 2 is 1.71 bits per heavy atom. The largest absolute Gasteiger partial charge is 0.504 e. The smallest absolute Gasteiger partial charge is 0.231 e. The number of phenols is 1. The number of carbonyl (C=O) groups excluding carboxylic acids is 1. The summed E-state index contributed by atoms with van der Waals surface area (Å²) >= 11 is 0. The number of fused-ring (bicyclic) bond motifs is 2. The van der Waals surface area contributed by atoms with Crippen LogP contribution in [0.3, 0.4) is 0 Å². The van der Waals surface area contributed by atoms with Crippen LogP contribution in [0.1, 0.15) is 27.9 Å². The quantitative estimate of drug-likeness (QED) is 0.809. The number of Topliss-reactive ketones (excluding diaryl/α,β-unsaturated/α-hetero) is 1. The fraction of sp³-hybridized carbons (Fsp3) is 0.286. The van der Waals surface area contributed by atoms with Gasteiger partial charge >= 0.3 is 0 Å². The maximum Gasteiger partial charge on any atom is 0.231 e. The van der Waals surface area contributed by atoms with Crippen LogP contribution in [0.4, 0.5) is 0 Å². The van der Waals surface area contributed by atoms with Crippen LogP contribution in [0, 0.1) is 0 Å². The molecule has 0 atom stereocenters. The van der Waals surface area contributed by atoms with Gasteiger partial charge < -0.3 is 28.8 Å². The number of hydrogen-bond donors (Lipinski definition) is 1. The van der Waals surface area contributed by atoms with Crippen LogP contribution < -0.4 is 23.7 Å². The van der Waals surface area contributed by atoms with Gasteiger partial charge in [-0.2, -0.15) is 0 Å². The minimum atomic E-state index is -0.162. The van der Waals surface area contributed by atoms with Crippen LogP contribution >= 0.6 is 0 Å². The zero-order valence-electron chi connectivity index (χ0n) is 15.8. The number of phenolic OH excluding ortho intramolecular Hbond substituents is 1. The van der Waals surface area contributed by atoms with E-state index in [-0.39, 0.29) is 18.3 Å². The minimum Gasteiger partial charge on any atom is -0.504 e. The number of hydrogen-bond acceptors (Lipinski definition) is 7. The summed E-state index contributed by atoms with van der Waals surface area (Å²) in [5, 5.41) is 9.99. The molecule has 4 rings (SSSR count). The third kappa shape index (κ3) is 2.70. The zero-order chi connectivity index (χ0) is 19.8. The van der Waals surface area contributed by atoms with Gasteiger partial charge in [-0.1, -0.05) is 6.07 Å². The number of aromatic hydroxyl groups is 1. The SMILES string of the molecule is COc1ccc(/C=C2\CCc3c(OC)c4c(c(OC)c3C2=O)OCO4)cc1O. The van der Waals surface area contributed by atoms with Crippen molar-refractivity contribution in [1.29, 1.82) is 0 Å². The number of carbonyl (C=O) groups is 1. The Bertz CT molecular complexity index is 991. The molecule has 1 N–H and O–H groups in total. The van der Waals surface area contributed by atoms with Crippen LogP contribution in [-0.2, 0) is 6.42 Å². The Kier molecular flexibility index (Phi) is 4.50. The molecule has 0 spiro atoms. The van der Waals surface area contributed by atoms with Gasteiger partial charge in [0, 0.05) is 11.1 Å². The summed E-state index contributed by atoms with van der Waals surface area (Å²) < 4.78 is 27.1. The van der Waals surface area contributed by atoms with Gasteiger partial charge in [-0.05, 0) is 36.6 Å². The predicted molar refractivity (Wildman–Crippen MR) is 101 cm³/mol. The fourth-order valence-corrected chi connectivity index (χ4v) is 3.68. The van der Waals surface area contributed by atoms with E-state index in [1.807, 2.05) is 0 Å². The molecular formula is C21H20O7. The van der Waals surface area contributed by atoms with Gasteiger partial charge in [-0.15, -0.1) is 0 Å².